The fraction of sp³-hybridized carbons (Fsp3) is 0.143. The number of amides is 1. The summed E-state index contributed by atoms with van der Waals surface area (Å²) in [4.78, 5) is 17.1. The molecule has 0 spiro atoms. The molecule has 2 aromatic heterocycles. The van der Waals surface area contributed by atoms with E-state index in [-0.39, 0.29) is 11.3 Å². The molecule has 4 aromatic rings. The number of nitrogens with one attached hydrogen (secondary N) is 1. The minimum absolute atomic E-state index is 0.0629. The molecule has 0 aliphatic heterocycles. The van der Waals surface area contributed by atoms with Crippen LogP contribution in [0.15, 0.2) is 46.2 Å². The number of halogens is 1. The van der Waals surface area contributed by atoms with Gasteiger partial charge in [-0.1, -0.05) is 12.1 Å². The molecular weight excluding hydrogens is 395 g/mol. The Bertz CT molecular complexity index is 1210. The van der Waals surface area contributed by atoms with E-state index in [0.717, 1.165) is 5.56 Å². The van der Waals surface area contributed by atoms with Crippen LogP contribution >= 0.6 is 11.3 Å². The summed E-state index contributed by atoms with van der Waals surface area (Å²) in [6.45, 7) is 1.72. The summed E-state index contributed by atoms with van der Waals surface area (Å²) in [6, 6.07) is 10.0. The van der Waals surface area contributed by atoms with Gasteiger partial charge >= 0.3 is 0 Å². The smallest absolute Gasteiger partial charge is 0.293 e. The molecule has 0 saturated heterocycles. The van der Waals surface area contributed by atoms with Crippen LogP contribution in [0.25, 0.3) is 22.2 Å². The molecule has 0 unspecified atom stereocenters. The van der Waals surface area contributed by atoms with Crippen molar-refractivity contribution in [2.45, 2.75) is 6.92 Å². The van der Waals surface area contributed by atoms with Gasteiger partial charge < -0.3 is 13.9 Å². The fourth-order valence-electron chi connectivity index (χ4n) is 3.04. The fourth-order valence-corrected chi connectivity index (χ4v) is 3.75. The van der Waals surface area contributed by atoms with E-state index in [1.165, 1.54) is 17.4 Å². The Morgan fingerprint density at radius 2 is 1.97 bits per heavy atom. The van der Waals surface area contributed by atoms with Crippen molar-refractivity contribution >= 4 is 33.3 Å². The zero-order chi connectivity index (χ0) is 20.5. The summed E-state index contributed by atoms with van der Waals surface area (Å²) in [5.41, 5.74) is 2.15. The number of carbonyl (C=O) groups excluding carboxylic acids is 1. The number of benzene rings is 2. The number of aryl methyl sites for hydroxylation is 1. The lowest BCUT2D eigenvalue weighted by Crippen LogP contribution is -2.11. The van der Waals surface area contributed by atoms with Gasteiger partial charge in [0, 0.05) is 21.9 Å². The van der Waals surface area contributed by atoms with Gasteiger partial charge in [0.05, 0.1) is 19.9 Å². The predicted molar refractivity (Wildman–Crippen MR) is 110 cm³/mol. The Balaban J connectivity index is 1.59. The number of hydrogen-bond acceptors (Lipinski definition) is 6. The molecule has 2 heterocycles. The Morgan fingerprint density at radius 3 is 2.69 bits per heavy atom. The number of para-hydroxylation sites is 1. The normalized spacial score (nSPS) is 10.9. The van der Waals surface area contributed by atoms with Crippen LogP contribution in [-0.4, -0.2) is 25.1 Å². The molecule has 148 valence electrons. The number of hydrogen-bond donors (Lipinski definition) is 1. The van der Waals surface area contributed by atoms with Gasteiger partial charge in [-0.3, -0.25) is 10.1 Å². The van der Waals surface area contributed by atoms with E-state index in [1.54, 1.807) is 39.3 Å². The van der Waals surface area contributed by atoms with Crippen LogP contribution < -0.4 is 14.8 Å². The highest BCUT2D eigenvalue weighted by atomic mass is 32.1. The molecular formula is C21H17FN2O4S. The summed E-state index contributed by atoms with van der Waals surface area (Å²) >= 11 is 1.28. The van der Waals surface area contributed by atoms with Crippen LogP contribution in [0.2, 0.25) is 0 Å². The van der Waals surface area contributed by atoms with Gasteiger partial charge in [0.25, 0.3) is 5.91 Å². The SMILES string of the molecule is COc1ccc(-c2csc(NC(=O)c3oc4c(F)cccc4c3C)n2)cc1OC. The Kier molecular flexibility index (Phi) is 4.94. The van der Waals surface area contributed by atoms with E-state index >= 15 is 0 Å². The first-order valence-electron chi connectivity index (χ1n) is 8.68. The number of rotatable bonds is 5. The minimum Gasteiger partial charge on any atom is -0.493 e. The van der Waals surface area contributed by atoms with E-state index < -0.39 is 11.7 Å². The van der Waals surface area contributed by atoms with E-state index in [0.29, 0.717) is 33.3 Å². The van der Waals surface area contributed by atoms with Crippen LogP contribution in [0.1, 0.15) is 16.1 Å². The third kappa shape index (κ3) is 3.42. The largest absolute Gasteiger partial charge is 0.493 e. The average molecular weight is 412 g/mol. The lowest BCUT2D eigenvalue weighted by molar-refractivity contribution is 0.0997. The predicted octanol–water partition coefficient (Wildman–Crippen LogP) is 5.27. The molecule has 0 bridgehead atoms. The van der Waals surface area contributed by atoms with Gasteiger partial charge in [-0.15, -0.1) is 11.3 Å². The van der Waals surface area contributed by atoms with Crippen LogP contribution in [0.4, 0.5) is 9.52 Å². The second kappa shape index (κ2) is 7.56. The lowest BCUT2D eigenvalue weighted by atomic mass is 10.1. The zero-order valence-corrected chi connectivity index (χ0v) is 16.7. The molecule has 6 nitrogen and oxygen atoms in total. The molecule has 8 heteroatoms. The molecule has 0 aliphatic rings. The first-order chi connectivity index (χ1) is 14.0. The zero-order valence-electron chi connectivity index (χ0n) is 15.9. The molecule has 1 N–H and O–H groups in total. The standard InChI is InChI=1S/C21H17FN2O4S/c1-11-13-5-4-6-14(22)19(13)28-18(11)20(25)24-21-23-15(10-29-21)12-7-8-16(26-2)17(9-12)27-3/h4-10H,1-3H3,(H,23,24,25). The third-order valence-electron chi connectivity index (χ3n) is 4.53. The molecule has 0 fully saturated rings. The monoisotopic (exact) mass is 412 g/mol. The number of furan rings is 1. The van der Waals surface area contributed by atoms with Crippen molar-refractivity contribution in [2.24, 2.45) is 0 Å². The maximum absolute atomic E-state index is 13.9. The van der Waals surface area contributed by atoms with E-state index in [4.69, 9.17) is 13.9 Å². The topological polar surface area (TPSA) is 73.6 Å². The van der Waals surface area contributed by atoms with E-state index in [1.807, 2.05) is 17.5 Å². The number of ether oxygens (including phenoxy) is 2. The van der Waals surface area contributed by atoms with Crippen LogP contribution in [-0.2, 0) is 0 Å². The van der Waals surface area contributed by atoms with Gasteiger partial charge in [0.2, 0.25) is 0 Å². The second-order valence-corrected chi connectivity index (χ2v) is 7.09. The number of anilines is 1. The maximum Gasteiger partial charge on any atom is 0.293 e. The van der Waals surface area contributed by atoms with Gasteiger partial charge in [-0.2, -0.15) is 0 Å². The highest BCUT2D eigenvalue weighted by Crippen LogP contribution is 2.34. The summed E-state index contributed by atoms with van der Waals surface area (Å²) < 4.78 is 30.0. The second-order valence-electron chi connectivity index (χ2n) is 6.23. The first kappa shape index (κ1) is 18.9. The van der Waals surface area contributed by atoms with Crippen LogP contribution in [0, 0.1) is 12.7 Å². The number of carbonyl (C=O) groups is 1. The van der Waals surface area contributed by atoms with Crippen LogP contribution in [0.5, 0.6) is 11.5 Å². The molecule has 0 aliphatic carbocycles. The van der Waals surface area contributed by atoms with E-state index in [9.17, 15) is 9.18 Å². The maximum atomic E-state index is 13.9. The molecule has 0 radical (unpaired) electrons. The van der Waals surface area contributed by atoms with Crippen molar-refractivity contribution in [1.29, 1.82) is 0 Å². The summed E-state index contributed by atoms with van der Waals surface area (Å²) in [6.07, 6.45) is 0. The molecule has 29 heavy (non-hydrogen) atoms. The van der Waals surface area contributed by atoms with E-state index in [2.05, 4.69) is 10.3 Å². The number of aromatic nitrogens is 1. The molecule has 0 saturated carbocycles. The van der Waals surface area contributed by atoms with Gasteiger partial charge in [0.15, 0.2) is 33.8 Å². The highest BCUT2D eigenvalue weighted by Gasteiger charge is 2.20. The molecule has 2 aromatic carbocycles. The number of thiazole rings is 1. The highest BCUT2D eigenvalue weighted by molar-refractivity contribution is 7.14. The van der Waals surface area contributed by atoms with Crippen molar-refractivity contribution < 1.29 is 23.1 Å². The minimum atomic E-state index is -0.505. The summed E-state index contributed by atoms with van der Waals surface area (Å²) in [7, 11) is 3.13. The van der Waals surface area contributed by atoms with Crippen molar-refractivity contribution in [2.75, 3.05) is 19.5 Å². The Labute approximate surface area is 169 Å². The van der Waals surface area contributed by atoms with Crippen molar-refractivity contribution in [3.05, 3.63) is 58.9 Å². The molecule has 4 rings (SSSR count). The average Bonchev–Trinajstić information content (AvgIpc) is 3.33. The third-order valence-corrected chi connectivity index (χ3v) is 5.28. The van der Waals surface area contributed by atoms with Crippen molar-refractivity contribution in [1.82, 2.24) is 4.98 Å². The summed E-state index contributed by atoms with van der Waals surface area (Å²) in [5.74, 6) is 0.282. The summed E-state index contributed by atoms with van der Waals surface area (Å²) in [5, 5.41) is 5.51. The molecule has 1 amide bonds. The number of methoxy groups -OCH3 is 2. The lowest BCUT2D eigenvalue weighted by Gasteiger charge is -2.08. The van der Waals surface area contributed by atoms with Crippen LogP contribution in [0.3, 0.4) is 0 Å². The number of nitrogens with zero attached hydrogens (tertiary/aromatic N) is 1. The Hall–Kier alpha value is -3.39. The van der Waals surface area contributed by atoms with Gasteiger partial charge in [0.1, 0.15) is 0 Å². The van der Waals surface area contributed by atoms with Crippen molar-refractivity contribution in [3.63, 3.8) is 0 Å². The Morgan fingerprint density at radius 1 is 1.17 bits per heavy atom. The number of fused-ring (bicyclic) bond motifs is 1. The first-order valence-corrected chi connectivity index (χ1v) is 9.56. The van der Waals surface area contributed by atoms with Gasteiger partial charge in [-0.25, -0.2) is 9.37 Å². The quantitative estimate of drug-likeness (QED) is 0.483. The van der Waals surface area contributed by atoms with Gasteiger partial charge in [-0.05, 0) is 31.2 Å². The van der Waals surface area contributed by atoms with Crippen molar-refractivity contribution in [3.8, 4) is 22.8 Å². The molecule has 0 atom stereocenters.